The van der Waals surface area contributed by atoms with Crippen molar-refractivity contribution >= 4 is 35.3 Å². The number of aliphatic carboxylic acids is 1. The number of ketones is 2. The van der Waals surface area contributed by atoms with Crippen molar-refractivity contribution in [1.29, 1.82) is 0 Å². The number of carboxylic acids is 1. The zero-order valence-electron chi connectivity index (χ0n) is 28.4. The average molecular weight is 753 g/mol. The van der Waals surface area contributed by atoms with Crippen LogP contribution in [0.25, 0.3) is 0 Å². The number of aliphatic hydroxyl groups is 1. The van der Waals surface area contributed by atoms with E-state index in [9.17, 15) is 33.9 Å². The Balaban J connectivity index is -0.000000675. The van der Waals surface area contributed by atoms with Gasteiger partial charge in [-0.1, -0.05) is 64.3 Å². The molecular weight excluding hydrogens is 668 g/mol. The summed E-state index contributed by atoms with van der Waals surface area (Å²) < 4.78 is 0. The van der Waals surface area contributed by atoms with Crippen LogP contribution >= 0.6 is 0 Å². The number of hydrogen-bond acceptors (Lipinski definition) is 10. The first kappa shape index (κ1) is 64.1. The van der Waals surface area contributed by atoms with Gasteiger partial charge in [0, 0.05) is 24.7 Å². The summed E-state index contributed by atoms with van der Waals surface area (Å²) in [5, 5.41) is 35.2. The van der Waals surface area contributed by atoms with E-state index >= 15 is 0 Å². The van der Waals surface area contributed by atoms with Crippen molar-refractivity contribution in [2.45, 2.75) is 135 Å². The SMILES string of the molecule is C.C.C.C.C.C.CCC(CCCCNC)C(=O)NC(CCCCNC)C(=O)CC(CCCCNC)C(=O)NCC(=O)CC(CO)C(=O)NCC(=O)O. The molecule has 52 heavy (non-hydrogen) atoms. The molecule has 0 saturated heterocycles. The van der Waals surface area contributed by atoms with Gasteiger partial charge in [0.05, 0.1) is 25.1 Å². The molecule has 0 saturated carbocycles. The van der Waals surface area contributed by atoms with Crippen molar-refractivity contribution in [2.75, 3.05) is 60.5 Å². The molecule has 0 fully saturated rings. The number of amides is 3. The van der Waals surface area contributed by atoms with Crippen molar-refractivity contribution in [2.24, 2.45) is 17.8 Å². The number of rotatable bonds is 30. The minimum absolute atomic E-state index is 0. The fraction of sp³-hybridized carbons (Fsp3) is 0.842. The molecule has 0 aliphatic heterocycles. The van der Waals surface area contributed by atoms with Gasteiger partial charge in [-0.15, -0.1) is 0 Å². The smallest absolute Gasteiger partial charge is 0.322 e. The number of carbonyl (C=O) groups is 6. The summed E-state index contributed by atoms with van der Waals surface area (Å²) in [6, 6.07) is -0.723. The molecule has 0 aliphatic rings. The maximum Gasteiger partial charge on any atom is 0.322 e. The van der Waals surface area contributed by atoms with Crippen LogP contribution in [0.2, 0.25) is 0 Å². The molecule has 0 aromatic carbocycles. The number of hydrogen-bond donors (Lipinski definition) is 8. The number of Topliss-reactive ketones (excluding diaryl/α,β-unsaturated/α-hetero) is 2. The Morgan fingerprint density at radius 2 is 1.00 bits per heavy atom. The van der Waals surface area contributed by atoms with E-state index < -0.39 is 61.1 Å². The van der Waals surface area contributed by atoms with Crippen LogP contribution in [0, 0.1) is 17.8 Å². The van der Waals surface area contributed by atoms with Gasteiger partial charge < -0.3 is 42.1 Å². The van der Waals surface area contributed by atoms with E-state index in [1.165, 1.54) is 0 Å². The number of nitrogens with one attached hydrogen (secondary N) is 6. The summed E-state index contributed by atoms with van der Waals surface area (Å²) in [6.45, 7) is 2.64. The van der Waals surface area contributed by atoms with Gasteiger partial charge in [-0.3, -0.25) is 28.8 Å². The zero-order valence-corrected chi connectivity index (χ0v) is 28.4. The summed E-state index contributed by atoms with van der Waals surface area (Å²) in [5.74, 6) is -5.47. The molecular formula is C38H84N6O8. The van der Waals surface area contributed by atoms with Crippen LogP contribution in [0.4, 0.5) is 0 Å². The normalized spacial score (nSPS) is 12.1. The lowest BCUT2D eigenvalue weighted by atomic mass is 9.90. The van der Waals surface area contributed by atoms with Crippen LogP contribution in [0.3, 0.4) is 0 Å². The second kappa shape index (κ2) is 40.8. The monoisotopic (exact) mass is 753 g/mol. The molecule has 0 aromatic rings. The lowest BCUT2D eigenvalue weighted by Crippen LogP contribution is -2.45. The number of carboxylic acid groups (broad SMARTS) is 1. The van der Waals surface area contributed by atoms with Gasteiger partial charge in [0.2, 0.25) is 17.7 Å². The zero-order chi connectivity index (χ0) is 34.7. The highest BCUT2D eigenvalue weighted by molar-refractivity contribution is 5.94. The van der Waals surface area contributed by atoms with Gasteiger partial charge in [-0.05, 0) is 92.1 Å². The molecule has 0 rings (SSSR count). The third-order valence-corrected chi connectivity index (χ3v) is 7.95. The average Bonchev–Trinajstić information content (AvgIpc) is 3.03. The van der Waals surface area contributed by atoms with Gasteiger partial charge >= 0.3 is 5.97 Å². The Morgan fingerprint density at radius 3 is 1.44 bits per heavy atom. The molecule has 8 N–H and O–H groups in total. The summed E-state index contributed by atoms with van der Waals surface area (Å²) in [7, 11) is 5.57. The largest absolute Gasteiger partial charge is 0.480 e. The van der Waals surface area contributed by atoms with E-state index in [0.717, 1.165) is 58.2 Å². The molecule has 14 nitrogen and oxygen atoms in total. The van der Waals surface area contributed by atoms with E-state index in [1.807, 2.05) is 28.1 Å². The fourth-order valence-corrected chi connectivity index (χ4v) is 5.09. The van der Waals surface area contributed by atoms with Crippen LogP contribution in [-0.2, 0) is 28.8 Å². The maximum absolute atomic E-state index is 13.7. The Morgan fingerprint density at radius 1 is 0.558 bits per heavy atom. The quantitative estimate of drug-likeness (QED) is 0.0492. The summed E-state index contributed by atoms with van der Waals surface area (Å²) in [6.07, 6.45) is 6.64. The third kappa shape index (κ3) is 30.7. The van der Waals surface area contributed by atoms with Crippen molar-refractivity contribution < 1.29 is 39.0 Å². The number of aliphatic hydroxyl groups excluding tert-OH is 1. The fourth-order valence-electron chi connectivity index (χ4n) is 5.09. The van der Waals surface area contributed by atoms with Gasteiger partial charge in [-0.2, -0.15) is 0 Å². The molecule has 0 heterocycles. The second-order valence-electron chi connectivity index (χ2n) is 11.8. The van der Waals surface area contributed by atoms with Crippen molar-refractivity contribution in [3.05, 3.63) is 0 Å². The Hall–Kier alpha value is -2.94. The number of carbonyl (C=O) groups excluding carboxylic acids is 5. The summed E-state index contributed by atoms with van der Waals surface area (Å²) in [5.41, 5.74) is 0. The predicted octanol–water partition coefficient (Wildman–Crippen LogP) is 3.94. The van der Waals surface area contributed by atoms with Gasteiger partial charge in [0.25, 0.3) is 0 Å². The second-order valence-corrected chi connectivity index (χ2v) is 11.8. The molecule has 14 heteroatoms. The highest BCUT2D eigenvalue weighted by Gasteiger charge is 2.29. The van der Waals surface area contributed by atoms with E-state index in [0.29, 0.717) is 25.7 Å². The lowest BCUT2D eigenvalue weighted by Gasteiger charge is -2.24. The topological polar surface area (TPSA) is 215 Å². The van der Waals surface area contributed by atoms with E-state index in [2.05, 4.69) is 31.9 Å². The Bertz CT molecular complexity index is 922. The lowest BCUT2D eigenvalue weighted by molar-refractivity contribution is -0.139. The molecule has 0 aromatic heterocycles. The molecule has 3 amide bonds. The van der Waals surface area contributed by atoms with Crippen LogP contribution in [0.1, 0.15) is 129 Å². The Labute approximate surface area is 318 Å². The molecule has 314 valence electrons. The molecule has 0 radical (unpaired) electrons. The molecule has 4 atom stereocenters. The highest BCUT2D eigenvalue weighted by atomic mass is 16.4. The number of unbranched alkanes of at least 4 members (excludes halogenated alkanes) is 3. The first-order chi connectivity index (χ1) is 22.0. The first-order valence-corrected chi connectivity index (χ1v) is 16.7. The minimum atomic E-state index is -1.26. The molecule has 4 unspecified atom stereocenters. The van der Waals surface area contributed by atoms with Crippen molar-refractivity contribution in [3.63, 3.8) is 0 Å². The standard InChI is InChI=1S/C32H60N6O8.6CH4/c1-5-23(12-6-9-15-33-2)32(46)38-27(14-8-11-17-35-4)28(41)19-24(13-7-10-16-34-3)30(44)36-20-26(40)18-25(22-39)31(45)37-21-29(42)43;;;;;;/h23-25,27,33-35,39H,5-22H2,1-4H3,(H,36,44)(H,37,45)(H,38,46)(H,42,43);6*1H4. The van der Waals surface area contributed by atoms with E-state index in [-0.39, 0.29) is 75.0 Å². The molecule has 0 aliphatic carbocycles. The van der Waals surface area contributed by atoms with Gasteiger partial charge in [0.15, 0.2) is 11.6 Å². The third-order valence-electron chi connectivity index (χ3n) is 7.95. The predicted molar refractivity (Wildman–Crippen MR) is 216 cm³/mol. The van der Waals surface area contributed by atoms with Gasteiger partial charge in [0.1, 0.15) is 6.54 Å². The molecule has 0 spiro atoms. The van der Waals surface area contributed by atoms with Crippen molar-refractivity contribution in [1.82, 2.24) is 31.9 Å². The first-order valence-electron chi connectivity index (χ1n) is 16.7. The van der Waals surface area contributed by atoms with Crippen LogP contribution in [-0.4, -0.2) is 112 Å². The van der Waals surface area contributed by atoms with E-state index in [1.54, 1.807) is 0 Å². The van der Waals surface area contributed by atoms with E-state index in [4.69, 9.17) is 5.11 Å². The van der Waals surface area contributed by atoms with Crippen LogP contribution in [0.5, 0.6) is 0 Å². The Kier molecular flexibility index (Phi) is 50.3. The summed E-state index contributed by atoms with van der Waals surface area (Å²) in [4.78, 5) is 75.5. The maximum atomic E-state index is 13.7. The highest BCUT2D eigenvalue weighted by Crippen LogP contribution is 2.19. The van der Waals surface area contributed by atoms with Crippen molar-refractivity contribution in [3.8, 4) is 0 Å². The molecule has 0 bridgehead atoms. The van der Waals surface area contributed by atoms with Crippen LogP contribution in [0.15, 0.2) is 0 Å². The van der Waals surface area contributed by atoms with Gasteiger partial charge in [-0.25, -0.2) is 0 Å². The minimum Gasteiger partial charge on any atom is -0.480 e. The van der Waals surface area contributed by atoms with Crippen LogP contribution < -0.4 is 31.9 Å². The summed E-state index contributed by atoms with van der Waals surface area (Å²) >= 11 is 0.